The van der Waals surface area contributed by atoms with Crippen molar-refractivity contribution in [1.82, 2.24) is 9.55 Å². The third-order valence-corrected chi connectivity index (χ3v) is 4.74. The number of fused-ring (bicyclic) bond motifs is 3. The summed E-state index contributed by atoms with van der Waals surface area (Å²) >= 11 is 6.04. The fourth-order valence-corrected chi connectivity index (χ4v) is 3.44. The minimum absolute atomic E-state index is 0.306. The zero-order valence-corrected chi connectivity index (χ0v) is 15.2. The summed E-state index contributed by atoms with van der Waals surface area (Å²) in [6.07, 6.45) is 0. The third kappa shape index (κ3) is 2.63. The van der Waals surface area contributed by atoms with Crippen LogP contribution in [0.15, 0.2) is 54.6 Å². The maximum Gasteiger partial charge on any atom is 0.356 e. The maximum atomic E-state index is 12.4. The summed E-state index contributed by atoms with van der Waals surface area (Å²) in [5.41, 5.74) is 4.00. The summed E-state index contributed by atoms with van der Waals surface area (Å²) in [7, 11) is 2.01. The van der Waals surface area contributed by atoms with Crippen molar-refractivity contribution in [1.29, 1.82) is 0 Å². The van der Waals surface area contributed by atoms with Crippen LogP contribution in [0.3, 0.4) is 0 Å². The Morgan fingerprint density at radius 2 is 1.85 bits per heavy atom. The molecule has 2 aromatic carbocycles. The molecule has 5 heteroatoms. The fraction of sp³-hybridized carbons (Fsp3) is 0.143. The van der Waals surface area contributed by atoms with Gasteiger partial charge in [0.15, 0.2) is 0 Å². The zero-order chi connectivity index (χ0) is 18.3. The Hall–Kier alpha value is -2.85. The molecule has 0 aliphatic carbocycles. The van der Waals surface area contributed by atoms with Crippen molar-refractivity contribution in [3.63, 3.8) is 0 Å². The van der Waals surface area contributed by atoms with Crippen LogP contribution in [0.25, 0.3) is 33.1 Å². The lowest BCUT2D eigenvalue weighted by Crippen LogP contribution is -2.08. The average molecular weight is 365 g/mol. The van der Waals surface area contributed by atoms with E-state index in [0.717, 1.165) is 33.1 Å². The molecule has 4 rings (SSSR count). The van der Waals surface area contributed by atoms with Crippen LogP contribution in [0.2, 0.25) is 5.02 Å². The summed E-state index contributed by atoms with van der Waals surface area (Å²) in [5, 5.41) is 2.71. The molecule has 0 spiro atoms. The summed E-state index contributed by atoms with van der Waals surface area (Å²) in [6, 6.07) is 17.4. The molecule has 0 radical (unpaired) electrons. The predicted octanol–water partition coefficient (Wildman–Crippen LogP) is 5.22. The number of para-hydroxylation sites is 1. The van der Waals surface area contributed by atoms with Crippen molar-refractivity contribution in [3.05, 3.63) is 65.3 Å². The molecule has 0 unspecified atom stereocenters. The van der Waals surface area contributed by atoms with Crippen LogP contribution in [0.1, 0.15) is 17.4 Å². The number of rotatable bonds is 3. The molecule has 0 saturated carbocycles. The van der Waals surface area contributed by atoms with E-state index in [9.17, 15) is 4.79 Å². The van der Waals surface area contributed by atoms with Crippen LogP contribution in [0.4, 0.5) is 0 Å². The Labute approximate surface area is 156 Å². The predicted molar refractivity (Wildman–Crippen MR) is 105 cm³/mol. The van der Waals surface area contributed by atoms with Crippen LogP contribution in [0.5, 0.6) is 0 Å². The van der Waals surface area contributed by atoms with E-state index in [4.69, 9.17) is 16.3 Å². The minimum Gasteiger partial charge on any atom is -0.461 e. The van der Waals surface area contributed by atoms with Crippen LogP contribution >= 0.6 is 11.6 Å². The molecule has 0 bridgehead atoms. The van der Waals surface area contributed by atoms with Crippen molar-refractivity contribution in [2.24, 2.45) is 7.05 Å². The number of aryl methyl sites for hydroxylation is 1. The summed E-state index contributed by atoms with van der Waals surface area (Å²) < 4.78 is 7.28. The van der Waals surface area contributed by atoms with Gasteiger partial charge in [-0.15, -0.1) is 0 Å². The molecule has 0 aliphatic rings. The molecule has 0 saturated heterocycles. The first kappa shape index (κ1) is 16.6. The van der Waals surface area contributed by atoms with Gasteiger partial charge in [0.05, 0.1) is 17.8 Å². The lowest BCUT2D eigenvalue weighted by Gasteiger charge is -2.09. The van der Waals surface area contributed by atoms with Gasteiger partial charge in [-0.25, -0.2) is 9.78 Å². The normalized spacial score (nSPS) is 11.2. The van der Waals surface area contributed by atoms with Gasteiger partial charge in [-0.3, -0.25) is 0 Å². The number of aromatic nitrogens is 2. The molecule has 26 heavy (non-hydrogen) atoms. The Morgan fingerprint density at radius 1 is 1.12 bits per heavy atom. The maximum absolute atomic E-state index is 12.4. The van der Waals surface area contributed by atoms with Crippen LogP contribution < -0.4 is 0 Å². The molecule has 2 heterocycles. The highest BCUT2D eigenvalue weighted by atomic mass is 35.5. The monoisotopic (exact) mass is 364 g/mol. The minimum atomic E-state index is -0.419. The number of hydrogen-bond acceptors (Lipinski definition) is 3. The fourth-order valence-electron chi connectivity index (χ4n) is 3.32. The third-order valence-electron chi connectivity index (χ3n) is 4.49. The second-order valence-electron chi connectivity index (χ2n) is 6.06. The zero-order valence-electron chi connectivity index (χ0n) is 14.5. The molecule has 0 aliphatic heterocycles. The Morgan fingerprint density at radius 3 is 2.58 bits per heavy atom. The molecule has 4 nitrogen and oxygen atoms in total. The van der Waals surface area contributed by atoms with Crippen LogP contribution in [0, 0.1) is 0 Å². The van der Waals surface area contributed by atoms with E-state index in [1.54, 1.807) is 6.92 Å². The van der Waals surface area contributed by atoms with Gasteiger partial charge in [0.25, 0.3) is 0 Å². The van der Waals surface area contributed by atoms with Crippen molar-refractivity contribution < 1.29 is 9.53 Å². The Balaban J connectivity index is 2.10. The Kier molecular flexibility index (Phi) is 4.13. The van der Waals surface area contributed by atoms with Gasteiger partial charge < -0.3 is 9.30 Å². The van der Waals surface area contributed by atoms with Gasteiger partial charge in [-0.2, -0.15) is 0 Å². The first-order valence-corrected chi connectivity index (χ1v) is 8.79. The largest absolute Gasteiger partial charge is 0.461 e. The van der Waals surface area contributed by atoms with Gasteiger partial charge in [-0.1, -0.05) is 41.9 Å². The topological polar surface area (TPSA) is 44.1 Å². The second kappa shape index (κ2) is 6.46. The number of carbonyl (C=O) groups is 1. The smallest absolute Gasteiger partial charge is 0.356 e. The van der Waals surface area contributed by atoms with Gasteiger partial charge in [0.1, 0.15) is 5.69 Å². The highest BCUT2D eigenvalue weighted by molar-refractivity contribution is 6.30. The number of benzene rings is 2. The van der Waals surface area contributed by atoms with Crippen molar-refractivity contribution in [2.45, 2.75) is 6.92 Å². The van der Waals surface area contributed by atoms with Crippen LogP contribution in [-0.4, -0.2) is 22.1 Å². The molecular formula is C21H17ClN2O2. The van der Waals surface area contributed by atoms with Crippen molar-refractivity contribution in [3.8, 4) is 11.3 Å². The lowest BCUT2D eigenvalue weighted by molar-refractivity contribution is 0.0520. The van der Waals surface area contributed by atoms with E-state index in [0.29, 0.717) is 17.3 Å². The first-order chi connectivity index (χ1) is 12.6. The van der Waals surface area contributed by atoms with Gasteiger partial charge in [-0.05, 0) is 31.2 Å². The van der Waals surface area contributed by atoms with Gasteiger partial charge in [0, 0.05) is 33.9 Å². The van der Waals surface area contributed by atoms with Gasteiger partial charge >= 0.3 is 5.97 Å². The van der Waals surface area contributed by atoms with E-state index in [-0.39, 0.29) is 0 Å². The molecular weight excluding hydrogens is 348 g/mol. The van der Waals surface area contributed by atoms with E-state index in [1.807, 2.05) is 49.5 Å². The van der Waals surface area contributed by atoms with Crippen LogP contribution in [-0.2, 0) is 11.8 Å². The Bertz CT molecular complexity index is 1130. The van der Waals surface area contributed by atoms with Crippen molar-refractivity contribution >= 4 is 39.4 Å². The number of ether oxygens (including phenoxy) is 1. The molecule has 2 aromatic heterocycles. The number of pyridine rings is 1. The van der Waals surface area contributed by atoms with E-state index >= 15 is 0 Å². The van der Waals surface area contributed by atoms with E-state index in [2.05, 4.69) is 21.7 Å². The average Bonchev–Trinajstić information content (AvgIpc) is 2.95. The highest BCUT2D eigenvalue weighted by Crippen LogP contribution is 2.35. The molecule has 0 amide bonds. The summed E-state index contributed by atoms with van der Waals surface area (Å²) in [6.45, 7) is 2.10. The quantitative estimate of drug-likeness (QED) is 0.468. The number of esters is 1. The number of carbonyl (C=O) groups excluding carboxylic acids is 1. The van der Waals surface area contributed by atoms with E-state index in [1.165, 1.54) is 0 Å². The molecule has 130 valence electrons. The molecule has 0 atom stereocenters. The van der Waals surface area contributed by atoms with Gasteiger partial charge in [0.2, 0.25) is 0 Å². The summed E-state index contributed by atoms with van der Waals surface area (Å²) in [4.78, 5) is 17.0. The summed E-state index contributed by atoms with van der Waals surface area (Å²) in [5.74, 6) is -0.419. The highest BCUT2D eigenvalue weighted by Gasteiger charge is 2.19. The second-order valence-corrected chi connectivity index (χ2v) is 6.49. The van der Waals surface area contributed by atoms with Crippen molar-refractivity contribution in [2.75, 3.05) is 6.61 Å². The lowest BCUT2D eigenvalue weighted by atomic mass is 10.1. The number of nitrogens with zero attached hydrogens (tertiary/aromatic N) is 2. The van der Waals surface area contributed by atoms with E-state index < -0.39 is 5.97 Å². The standard InChI is InChI=1S/C21H17ClN2O2/c1-3-26-21(25)17-12-16-15-6-4-5-7-18(15)24(2)20(16)19(23-17)13-8-10-14(22)11-9-13/h4-12H,3H2,1-2H3. The SMILES string of the molecule is CCOC(=O)c1cc2c3ccccc3n(C)c2c(-c2ccc(Cl)cc2)n1. The molecule has 0 N–H and O–H groups in total. The first-order valence-electron chi connectivity index (χ1n) is 8.41. The molecule has 4 aromatic rings. The number of hydrogen-bond donors (Lipinski definition) is 0. The molecule has 0 fully saturated rings. The number of halogens is 1.